The van der Waals surface area contributed by atoms with E-state index in [0.29, 0.717) is 19.0 Å². The van der Waals surface area contributed by atoms with E-state index in [1.807, 2.05) is 23.1 Å². The minimum absolute atomic E-state index is 0.0335. The topological polar surface area (TPSA) is 49.4 Å². The number of nitrogens with zero attached hydrogens (tertiary/aromatic N) is 1. The van der Waals surface area contributed by atoms with Gasteiger partial charge >= 0.3 is 0 Å². The summed E-state index contributed by atoms with van der Waals surface area (Å²) < 4.78 is 0. The van der Waals surface area contributed by atoms with Gasteiger partial charge < -0.3 is 10.2 Å². The second-order valence-corrected chi connectivity index (χ2v) is 7.15. The van der Waals surface area contributed by atoms with Crippen LogP contribution in [0.2, 0.25) is 0 Å². The lowest BCUT2D eigenvalue weighted by molar-refractivity contribution is -0.130. The minimum Gasteiger partial charge on any atom is -0.349 e. The van der Waals surface area contributed by atoms with Crippen LogP contribution in [0.1, 0.15) is 63.5 Å². The Balaban J connectivity index is 1.62. The number of benzene rings is 1. The van der Waals surface area contributed by atoms with Crippen LogP contribution >= 0.6 is 0 Å². The van der Waals surface area contributed by atoms with E-state index in [2.05, 4.69) is 24.4 Å². The van der Waals surface area contributed by atoms with Crippen molar-refractivity contribution >= 4 is 11.8 Å². The molecule has 4 nitrogen and oxygen atoms in total. The van der Waals surface area contributed by atoms with Gasteiger partial charge in [-0.05, 0) is 24.8 Å². The standard InChI is InChI=1S/C20H28N2O2/c1-2-8-18(15-9-4-3-5-10-15)21-20(24)16-13-19(23)22(14-16)17-11-6-7-12-17/h3-5,9-10,16-18H,2,6-8,11-14H2,1H3,(H,21,24)/t16-,18-/m1/s1. The average molecular weight is 328 g/mol. The van der Waals surface area contributed by atoms with Crippen LogP contribution in [0.15, 0.2) is 30.3 Å². The highest BCUT2D eigenvalue weighted by atomic mass is 16.2. The van der Waals surface area contributed by atoms with Gasteiger partial charge in [0.25, 0.3) is 0 Å². The van der Waals surface area contributed by atoms with Gasteiger partial charge in [0.2, 0.25) is 11.8 Å². The predicted molar refractivity (Wildman–Crippen MR) is 94.3 cm³/mol. The highest BCUT2D eigenvalue weighted by Gasteiger charge is 2.39. The fourth-order valence-corrected chi connectivity index (χ4v) is 4.06. The SMILES string of the molecule is CCC[C@@H](NC(=O)[C@@H]1CC(=O)N(C2CCCC2)C1)c1ccccc1. The molecule has 130 valence electrons. The summed E-state index contributed by atoms with van der Waals surface area (Å²) in [5.74, 6) is 0.00104. The summed E-state index contributed by atoms with van der Waals surface area (Å²) in [6.45, 7) is 2.73. The van der Waals surface area contributed by atoms with Gasteiger partial charge in [-0.1, -0.05) is 56.5 Å². The van der Waals surface area contributed by atoms with Crippen LogP contribution in [0.25, 0.3) is 0 Å². The molecule has 2 aliphatic rings. The van der Waals surface area contributed by atoms with E-state index >= 15 is 0 Å². The largest absolute Gasteiger partial charge is 0.349 e. The number of carbonyl (C=O) groups is 2. The van der Waals surface area contributed by atoms with Crippen molar-refractivity contribution in [3.63, 3.8) is 0 Å². The molecular weight excluding hydrogens is 300 g/mol. The lowest BCUT2D eigenvalue weighted by Gasteiger charge is -2.24. The van der Waals surface area contributed by atoms with E-state index in [-0.39, 0.29) is 23.8 Å². The van der Waals surface area contributed by atoms with E-state index in [9.17, 15) is 9.59 Å². The molecule has 0 unspecified atom stereocenters. The molecule has 0 bridgehead atoms. The molecule has 1 saturated heterocycles. The van der Waals surface area contributed by atoms with Gasteiger partial charge in [0, 0.05) is 19.0 Å². The van der Waals surface area contributed by atoms with Gasteiger partial charge in [0.1, 0.15) is 0 Å². The monoisotopic (exact) mass is 328 g/mol. The van der Waals surface area contributed by atoms with Crippen molar-refractivity contribution in [2.24, 2.45) is 5.92 Å². The summed E-state index contributed by atoms with van der Waals surface area (Å²) in [5, 5.41) is 3.19. The maximum absolute atomic E-state index is 12.7. The molecule has 2 amide bonds. The Bertz CT molecular complexity index is 566. The van der Waals surface area contributed by atoms with Crippen molar-refractivity contribution in [2.45, 2.75) is 64.0 Å². The Morgan fingerprint density at radius 3 is 2.62 bits per heavy atom. The van der Waals surface area contributed by atoms with Crippen molar-refractivity contribution in [3.8, 4) is 0 Å². The first-order chi connectivity index (χ1) is 11.7. The molecule has 0 aromatic heterocycles. The fourth-order valence-electron chi connectivity index (χ4n) is 4.06. The molecule has 1 saturated carbocycles. The van der Waals surface area contributed by atoms with Crippen LogP contribution in [0, 0.1) is 5.92 Å². The molecule has 4 heteroatoms. The number of hydrogen-bond acceptors (Lipinski definition) is 2. The highest BCUT2D eigenvalue weighted by molar-refractivity contribution is 5.89. The third-order valence-corrected chi connectivity index (χ3v) is 5.39. The summed E-state index contributed by atoms with van der Waals surface area (Å²) in [5.41, 5.74) is 1.14. The summed E-state index contributed by atoms with van der Waals surface area (Å²) in [4.78, 5) is 27.0. The third kappa shape index (κ3) is 3.80. The second-order valence-electron chi connectivity index (χ2n) is 7.15. The highest BCUT2D eigenvalue weighted by Crippen LogP contribution is 2.30. The molecule has 0 spiro atoms. The summed E-state index contributed by atoms with van der Waals surface area (Å²) in [6.07, 6.45) is 6.91. The Morgan fingerprint density at radius 2 is 1.96 bits per heavy atom. The zero-order valence-electron chi connectivity index (χ0n) is 14.5. The fraction of sp³-hybridized carbons (Fsp3) is 0.600. The smallest absolute Gasteiger partial charge is 0.225 e. The molecule has 1 heterocycles. The van der Waals surface area contributed by atoms with Gasteiger partial charge in [-0.25, -0.2) is 0 Å². The van der Waals surface area contributed by atoms with E-state index < -0.39 is 0 Å². The van der Waals surface area contributed by atoms with Crippen LogP contribution in [0.4, 0.5) is 0 Å². The van der Waals surface area contributed by atoms with E-state index in [0.717, 1.165) is 31.2 Å². The van der Waals surface area contributed by atoms with Crippen molar-refractivity contribution in [3.05, 3.63) is 35.9 Å². The molecule has 0 radical (unpaired) electrons. The Morgan fingerprint density at radius 1 is 1.25 bits per heavy atom. The Labute approximate surface area is 144 Å². The summed E-state index contributed by atoms with van der Waals surface area (Å²) in [6, 6.07) is 10.5. The van der Waals surface area contributed by atoms with E-state index in [1.54, 1.807) is 0 Å². The molecule has 1 aliphatic carbocycles. The van der Waals surface area contributed by atoms with Crippen molar-refractivity contribution in [1.82, 2.24) is 10.2 Å². The third-order valence-electron chi connectivity index (χ3n) is 5.39. The van der Waals surface area contributed by atoms with Crippen molar-refractivity contribution in [2.75, 3.05) is 6.54 Å². The molecule has 2 fully saturated rings. The van der Waals surface area contributed by atoms with Crippen LogP contribution < -0.4 is 5.32 Å². The van der Waals surface area contributed by atoms with Crippen LogP contribution in [0.5, 0.6) is 0 Å². The van der Waals surface area contributed by atoms with Crippen LogP contribution in [-0.4, -0.2) is 29.3 Å². The Kier molecular flexibility index (Phi) is 5.54. The number of amides is 2. The molecule has 1 aromatic carbocycles. The first-order valence-corrected chi connectivity index (χ1v) is 9.33. The maximum atomic E-state index is 12.7. The van der Waals surface area contributed by atoms with E-state index in [1.165, 1.54) is 12.8 Å². The number of carbonyl (C=O) groups excluding carboxylic acids is 2. The molecule has 1 aliphatic heterocycles. The van der Waals surface area contributed by atoms with Crippen LogP contribution in [0.3, 0.4) is 0 Å². The second kappa shape index (κ2) is 7.82. The zero-order valence-corrected chi connectivity index (χ0v) is 14.5. The normalized spacial score (nSPS) is 22.8. The van der Waals surface area contributed by atoms with Crippen LogP contribution in [-0.2, 0) is 9.59 Å². The Hall–Kier alpha value is -1.84. The lowest BCUT2D eigenvalue weighted by atomic mass is 10.0. The molecule has 2 atom stereocenters. The van der Waals surface area contributed by atoms with E-state index in [4.69, 9.17) is 0 Å². The molecular formula is C20H28N2O2. The molecule has 1 aromatic rings. The molecule has 1 N–H and O–H groups in total. The summed E-state index contributed by atoms with van der Waals surface area (Å²) in [7, 11) is 0. The molecule has 3 rings (SSSR count). The average Bonchev–Trinajstić information content (AvgIpc) is 3.24. The number of likely N-dealkylation sites (tertiary alicyclic amines) is 1. The lowest BCUT2D eigenvalue weighted by Crippen LogP contribution is -2.38. The first-order valence-electron chi connectivity index (χ1n) is 9.33. The van der Waals surface area contributed by atoms with Gasteiger partial charge in [0.15, 0.2) is 0 Å². The number of rotatable bonds is 6. The van der Waals surface area contributed by atoms with Gasteiger partial charge in [0.05, 0.1) is 12.0 Å². The minimum atomic E-state index is -0.193. The summed E-state index contributed by atoms with van der Waals surface area (Å²) >= 11 is 0. The maximum Gasteiger partial charge on any atom is 0.225 e. The molecule has 24 heavy (non-hydrogen) atoms. The van der Waals surface area contributed by atoms with Gasteiger partial charge in [-0.15, -0.1) is 0 Å². The van der Waals surface area contributed by atoms with Gasteiger partial charge in [-0.3, -0.25) is 9.59 Å². The van der Waals surface area contributed by atoms with Crippen molar-refractivity contribution in [1.29, 1.82) is 0 Å². The number of nitrogens with one attached hydrogen (secondary N) is 1. The zero-order chi connectivity index (χ0) is 16.9. The van der Waals surface area contributed by atoms with Crippen molar-refractivity contribution < 1.29 is 9.59 Å². The first kappa shape index (κ1) is 17.0. The quantitative estimate of drug-likeness (QED) is 0.870. The van der Waals surface area contributed by atoms with Gasteiger partial charge in [-0.2, -0.15) is 0 Å². The predicted octanol–water partition coefficient (Wildman–Crippen LogP) is 3.44. The number of hydrogen-bond donors (Lipinski definition) is 1.